The highest BCUT2D eigenvalue weighted by Crippen LogP contribution is 2.24. The second-order valence-corrected chi connectivity index (χ2v) is 7.58. The fourth-order valence-electron chi connectivity index (χ4n) is 1.92. The number of hydrogen-bond acceptors (Lipinski definition) is 4. The summed E-state index contributed by atoms with van der Waals surface area (Å²) in [4.78, 5) is 17.2. The molecular formula is C15H29NO2S. The third kappa shape index (κ3) is 6.66. The van der Waals surface area contributed by atoms with Crippen LogP contribution in [-0.2, 0) is 9.63 Å². The highest BCUT2D eigenvalue weighted by molar-refractivity contribution is 7.99. The molecule has 0 amide bonds. The third-order valence-corrected chi connectivity index (χ3v) is 4.68. The molecule has 1 aliphatic heterocycles. The largest absolute Gasteiger partial charge is 0.367 e. The molecule has 3 nitrogen and oxygen atoms in total. The van der Waals surface area contributed by atoms with Gasteiger partial charge in [-0.15, -0.1) is 5.06 Å². The van der Waals surface area contributed by atoms with Crippen molar-refractivity contribution in [2.45, 2.75) is 53.4 Å². The zero-order valence-electron chi connectivity index (χ0n) is 12.9. The summed E-state index contributed by atoms with van der Waals surface area (Å²) in [5.74, 6) is 3.23. The van der Waals surface area contributed by atoms with Crippen molar-refractivity contribution in [1.29, 1.82) is 0 Å². The van der Waals surface area contributed by atoms with Crippen LogP contribution in [0.3, 0.4) is 0 Å². The van der Waals surface area contributed by atoms with Gasteiger partial charge in [0, 0.05) is 13.1 Å². The van der Waals surface area contributed by atoms with E-state index in [0.29, 0.717) is 0 Å². The molecule has 112 valence electrons. The Labute approximate surface area is 122 Å². The number of piperidine rings is 1. The maximum absolute atomic E-state index is 11.8. The maximum atomic E-state index is 11.8. The minimum atomic E-state index is -0.410. The molecule has 1 aliphatic rings. The molecule has 1 rings (SSSR count). The van der Waals surface area contributed by atoms with Crippen molar-refractivity contribution < 1.29 is 9.63 Å². The number of unbranched alkanes of at least 4 members (excludes halogenated alkanes) is 1. The van der Waals surface area contributed by atoms with Crippen LogP contribution < -0.4 is 0 Å². The van der Waals surface area contributed by atoms with Gasteiger partial charge in [-0.2, -0.15) is 11.8 Å². The second-order valence-electron chi connectivity index (χ2n) is 6.43. The molecule has 0 radical (unpaired) electrons. The number of thioether (sulfide) groups is 1. The van der Waals surface area contributed by atoms with Gasteiger partial charge in [-0.3, -0.25) is 0 Å². The molecule has 0 bridgehead atoms. The van der Waals surface area contributed by atoms with Crippen LogP contribution in [0.2, 0.25) is 0 Å². The van der Waals surface area contributed by atoms with Gasteiger partial charge >= 0.3 is 5.97 Å². The molecule has 19 heavy (non-hydrogen) atoms. The number of rotatable bonds is 6. The Morgan fingerprint density at radius 2 is 1.95 bits per heavy atom. The van der Waals surface area contributed by atoms with E-state index in [2.05, 4.69) is 18.7 Å². The van der Waals surface area contributed by atoms with Crippen LogP contribution in [-0.4, -0.2) is 35.6 Å². The standard InChI is InChI=1S/C15H29NO2S/c1-5-6-11-19-12-13-7-9-16(10-8-13)18-14(17)15(2,3)4/h13H,5-12H2,1-4H3. The Morgan fingerprint density at radius 3 is 2.47 bits per heavy atom. The quantitative estimate of drug-likeness (QED) is 0.696. The first-order valence-electron chi connectivity index (χ1n) is 7.48. The molecule has 0 atom stereocenters. The van der Waals surface area contributed by atoms with E-state index in [-0.39, 0.29) is 5.97 Å². The molecule has 0 saturated carbocycles. The summed E-state index contributed by atoms with van der Waals surface area (Å²) in [6.45, 7) is 9.70. The van der Waals surface area contributed by atoms with Crippen molar-refractivity contribution in [1.82, 2.24) is 5.06 Å². The van der Waals surface area contributed by atoms with Gasteiger partial charge in [0.2, 0.25) is 0 Å². The Morgan fingerprint density at radius 1 is 1.32 bits per heavy atom. The third-order valence-electron chi connectivity index (χ3n) is 3.39. The van der Waals surface area contributed by atoms with Crippen molar-refractivity contribution >= 4 is 17.7 Å². The summed E-state index contributed by atoms with van der Waals surface area (Å²) >= 11 is 2.08. The molecule has 1 saturated heterocycles. The monoisotopic (exact) mass is 287 g/mol. The molecule has 0 aromatic rings. The Bertz CT molecular complexity index is 268. The van der Waals surface area contributed by atoms with Gasteiger partial charge in [-0.25, -0.2) is 4.79 Å². The summed E-state index contributed by atoms with van der Waals surface area (Å²) in [5.41, 5.74) is -0.410. The van der Waals surface area contributed by atoms with Crippen molar-refractivity contribution in [3.05, 3.63) is 0 Å². The van der Waals surface area contributed by atoms with E-state index in [1.165, 1.54) is 24.3 Å². The summed E-state index contributed by atoms with van der Waals surface area (Å²) in [5, 5.41) is 1.85. The van der Waals surface area contributed by atoms with Gasteiger partial charge < -0.3 is 4.84 Å². The lowest BCUT2D eigenvalue weighted by Gasteiger charge is -2.32. The van der Waals surface area contributed by atoms with Gasteiger partial charge in [0.05, 0.1) is 5.41 Å². The molecule has 0 aromatic carbocycles. The van der Waals surface area contributed by atoms with E-state index in [9.17, 15) is 4.79 Å². The van der Waals surface area contributed by atoms with E-state index in [1.54, 1.807) is 0 Å². The fourth-order valence-corrected chi connectivity index (χ4v) is 3.24. The highest BCUT2D eigenvalue weighted by atomic mass is 32.2. The van der Waals surface area contributed by atoms with Crippen LogP contribution in [0, 0.1) is 11.3 Å². The van der Waals surface area contributed by atoms with Crippen LogP contribution in [0.25, 0.3) is 0 Å². The minimum absolute atomic E-state index is 0.122. The van der Waals surface area contributed by atoms with Crippen molar-refractivity contribution in [3.63, 3.8) is 0 Å². The smallest absolute Gasteiger partial charge is 0.330 e. The molecule has 4 heteroatoms. The first kappa shape index (κ1) is 16.8. The van der Waals surface area contributed by atoms with Crippen LogP contribution in [0.5, 0.6) is 0 Å². The Kier molecular flexibility index (Phi) is 7.22. The lowest BCUT2D eigenvalue weighted by molar-refractivity contribution is -0.205. The van der Waals surface area contributed by atoms with Gasteiger partial charge in [-0.1, -0.05) is 13.3 Å². The first-order chi connectivity index (χ1) is 8.93. The lowest BCUT2D eigenvalue weighted by atomic mass is 9.97. The second kappa shape index (κ2) is 8.15. The number of carbonyl (C=O) groups is 1. The molecule has 0 aromatic heterocycles. The number of nitrogens with zero attached hydrogens (tertiary/aromatic N) is 1. The summed E-state index contributed by atoms with van der Waals surface area (Å²) in [6, 6.07) is 0. The predicted octanol–water partition coefficient (Wildman–Crippen LogP) is 3.74. The predicted molar refractivity (Wildman–Crippen MR) is 82.1 cm³/mol. The van der Waals surface area contributed by atoms with Crippen LogP contribution >= 0.6 is 11.8 Å². The summed E-state index contributed by atoms with van der Waals surface area (Å²) < 4.78 is 0. The van der Waals surface area contributed by atoms with E-state index in [0.717, 1.165) is 31.8 Å². The number of hydrogen-bond donors (Lipinski definition) is 0. The van der Waals surface area contributed by atoms with Gasteiger partial charge in [0.1, 0.15) is 0 Å². The van der Waals surface area contributed by atoms with Crippen LogP contribution in [0.4, 0.5) is 0 Å². The van der Waals surface area contributed by atoms with Gasteiger partial charge in [0.15, 0.2) is 0 Å². The van der Waals surface area contributed by atoms with E-state index in [4.69, 9.17) is 4.84 Å². The van der Waals surface area contributed by atoms with Crippen molar-refractivity contribution in [2.24, 2.45) is 11.3 Å². The Hall–Kier alpha value is -0.220. The number of hydroxylamine groups is 2. The zero-order chi connectivity index (χ0) is 14.3. The Balaban J connectivity index is 2.17. The normalized spacial score (nSPS) is 18.5. The highest BCUT2D eigenvalue weighted by Gasteiger charge is 2.28. The molecule has 0 N–H and O–H groups in total. The minimum Gasteiger partial charge on any atom is -0.367 e. The van der Waals surface area contributed by atoms with Gasteiger partial charge in [-0.05, 0) is 57.5 Å². The van der Waals surface area contributed by atoms with E-state index in [1.807, 2.05) is 25.8 Å². The van der Waals surface area contributed by atoms with Gasteiger partial charge in [0.25, 0.3) is 0 Å². The van der Waals surface area contributed by atoms with E-state index >= 15 is 0 Å². The fraction of sp³-hybridized carbons (Fsp3) is 0.933. The maximum Gasteiger partial charge on any atom is 0.330 e. The summed E-state index contributed by atoms with van der Waals surface area (Å²) in [6.07, 6.45) is 4.91. The average molecular weight is 287 g/mol. The molecule has 0 aliphatic carbocycles. The first-order valence-corrected chi connectivity index (χ1v) is 8.64. The topological polar surface area (TPSA) is 29.5 Å². The molecular weight excluding hydrogens is 258 g/mol. The molecule has 1 heterocycles. The van der Waals surface area contributed by atoms with Crippen LogP contribution in [0.15, 0.2) is 0 Å². The lowest BCUT2D eigenvalue weighted by Crippen LogP contribution is -2.39. The zero-order valence-corrected chi connectivity index (χ0v) is 13.7. The number of carbonyl (C=O) groups excluding carboxylic acids is 1. The van der Waals surface area contributed by atoms with Crippen molar-refractivity contribution in [2.75, 3.05) is 24.6 Å². The molecule has 0 spiro atoms. The molecule has 1 fully saturated rings. The molecule has 0 unspecified atom stereocenters. The summed E-state index contributed by atoms with van der Waals surface area (Å²) in [7, 11) is 0. The van der Waals surface area contributed by atoms with Crippen LogP contribution in [0.1, 0.15) is 53.4 Å². The SMILES string of the molecule is CCCCSCC1CCN(OC(=O)C(C)(C)C)CC1. The van der Waals surface area contributed by atoms with Crippen molar-refractivity contribution in [3.8, 4) is 0 Å². The average Bonchev–Trinajstić information content (AvgIpc) is 2.35. The van der Waals surface area contributed by atoms with E-state index < -0.39 is 5.41 Å².